The normalized spacial score (nSPS) is 10.4. The molecule has 1 aromatic carbocycles. The first-order valence-electron chi connectivity index (χ1n) is 4.38. The standard InChI is InChI=1S/C12H12N2/c1-2-10-14-12(8-9-13)11-6-4-3-5-7-11/h2-8,14H,1,10H2/b12-8+. The Hall–Kier alpha value is -2.01. The maximum absolute atomic E-state index is 8.61. The van der Waals surface area contributed by atoms with Gasteiger partial charge < -0.3 is 5.32 Å². The number of nitrogens with zero attached hydrogens (tertiary/aromatic N) is 1. The highest BCUT2D eigenvalue weighted by Crippen LogP contribution is 2.09. The molecule has 14 heavy (non-hydrogen) atoms. The van der Waals surface area contributed by atoms with Crippen LogP contribution in [-0.4, -0.2) is 6.54 Å². The molecular weight excluding hydrogens is 172 g/mol. The van der Waals surface area contributed by atoms with E-state index < -0.39 is 0 Å². The molecule has 0 atom stereocenters. The van der Waals surface area contributed by atoms with Crippen LogP contribution in [0.5, 0.6) is 0 Å². The molecule has 0 aliphatic heterocycles. The van der Waals surface area contributed by atoms with Crippen LogP contribution in [0.2, 0.25) is 0 Å². The van der Waals surface area contributed by atoms with Gasteiger partial charge >= 0.3 is 0 Å². The second-order valence-corrected chi connectivity index (χ2v) is 2.72. The molecule has 0 amide bonds. The molecule has 0 saturated carbocycles. The molecule has 1 aromatic rings. The molecule has 0 fully saturated rings. The summed E-state index contributed by atoms with van der Waals surface area (Å²) in [6.45, 7) is 4.27. The van der Waals surface area contributed by atoms with Crippen LogP contribution in [-0.2, 0) is 0 Å². The van der Waals surface area contributed by atoms with Gasteiger partial charge in [0.1, 0.15) is 0 Å². The highest BCUT2D eigenvalue weighted by Gasteiger charge is 1.97. The fraction of sp³-hybridized carbons (Fsp3) is 0.0833. The van der Waals surface area contributed by atoms with E-state index in [-0.39, 0.29) is 0 Å². The summed E-state index contributed by atoms with van der Waals surface area (Å²) in [7, 11) is 0. The Morgan fingerprint density at radius 1 is 1.43 bits per heavy atom. The van der Waals surface area contributed by atoms with Gasteiger partial charge in [-0.1, -0.05) is 36.4 Å². The van der Waals surface area contributed by atoms with E-state index in [9.17, 15) is 0 Å². The predicted molar refractivity (Wildman–Crippen MR) is 58.2 cm³/mol. The number of allylic oxidation sites excluding steroid dienone is 1. The van der Waals surface area contributed by atoms with E-state index in [2.05, 4.69) is 11.9 Å². The van der Waals surface area contributed by atoms with Crippen LogP contribution < -0.4 is 5.32 Å². The van der Waals surface area contributed by atoms with Crippen molar-refractivity contribution in [3.63, 3.8) is 0 Å². The largest absolute Gasteiger partial charge is 0.381 e. The lowest BCUT2D eigenvalue weighted by atomic mass is 10.1. The summed E-state index contributed by atoms with van der Waals surface area (Å²) in [4.78, 5) is 0. The van der Waals surface area contributed by atoms with Crippen molar-refractivity contribution in [2.45, 2.75) is 0 Å². The molecule has 0 unspecified atom stereocenters. The minimum absolute atomic E-state index is 0.655. The maximum Gasteiger partial charge on any atom is 0.0933 e. The highest BCUT2D eigenvalue weighted by molar-refractivity contribution is 5.65. The maximum atomic E-state index is 8.61. The van der Waals surface area contributed by atoms with Crippen molar-refractivity contribution in [2.75, 3.05) is 6.54 Å². The predicted octanol–water partition coefficient (Wildman–Crippen LogP) is 2.33. The number of hydrogen-bond donors (Lipinski definition) is 1. The zero-order valence-electron chi connectivity index (χ0n) is 7.90. The molecule has 0 heterocycles. The molecule has 0 aliphatic rings. The third-order valence-electron chi connectivity index (χ3n) is 1.73. The summed E-state index contributed by atoms with van der Waals surface area (Å²) in [6, 6.07) is 11.8. The average Bonchev–Trinajstić information content (AvgIpc) is 2.25. The Morgan fingerprint density at radius 2 is 2.14 bits per heavy atom. The lowest BCUT2D eigenvalue weighted by Crippen LogP contribution is -2.11. The lowest BCUT2D eigenvalue weighted by molar-refractivity contribution is 1.01. The summed E-state index contributed by atoms with van der Waals surface area (Å²) < 4.78 is 0. The van der Waals surface area contributed by atoms with Crippen molar-refractivity contribution in [1.29, 1.82) is 5.26 Å². The fourth-order valence-electron chi connectivity index (χ4n) is 1.10. The first-order chi connectivity index (χ1) is 6.88. The summed E-state index contributed by atoms with van der Waals surface area (Å²) in [5, 5.41) is 11.7. The first-order valence-corrected chi connectivity index (χ1v) is 4.38. The quantitative estimate of drug-likeness (QED) is 0.575. The van der Waals surface area contributed by atoms with Gasteiger partial charge in [0.2, 0.25) is 0 Å². The molecule has 1 N–H and O–H groups in total. The molecule has 0 aliphatic carbocycles. The van der Waals surface area contributed by atoms with Gasteiger partial charge in [-0.15, -0.1) is 6.58 Å². The van der Waals surface area contributed by atoms with Gasteiger partial charge in [-0.25, -0.2) is 0 Å². The number of rotatable bonds is 4. The van der Waals surface area contributed by atoms with Crippen molar-refractivity contribution in [3.05, 3.63) is 54.6 Å². The van der Waals surface area contributed by atoms with Gasteiger partial charge in [0.25, 0.3) is 0 Å². The summed E-state index contributed by atoms with van der Waals surface area (Å²) in [6.07, 6.45) is 3.26. The van der Waals surface area contributed by atoms with Crippen LogP contribution in [0, 0.1) is 11.3 Å². The van der Waals surface area contributed by atoms with E-state index >= 15 is 0 Å². The van der Waals surface area contributed by atoms with Crippen LogP contribution in [0.25, 0.3) is 5.70 Å². The number of nitrogens with one attached hydrogen (secondary N) is 1. The molecule has 70 valence electrons. The molecule has 0 aromatic heterocycles. The van der Waals surface area contributed by atoms with Crippen LogP contribution >= 0.6 is 0 Å². The number of benzene rings is 1. The number of nitriles is 1. The monoisotopic (exact) mass is 184 g/mol. The molecular formula is C12H12N2. The SMILES string of the molecule is C=CCN/C(=C/C#N)c1ccccc1. The van der Waals surface area contributed by atoms with E-state index in [0.29, 0.717) is 6.54 Å². The Labute approximate surface area is 84.2 Å². The zero-order valence-corrected chi connectivity index (χ0v) is 7.90. The van der Waals surface area contributed by atoms with E-state index in [1.807, 2.05) is 36.4 Å². The summed E-state index contributed by atoms with van der Waals surface area (Å²) in [5.74, 6) is 0. The smallest absolute Gasteiger partial charge is 0.0933 e. The van der Waals surface area contributed by atoms with Crippen LogP contribution in [0.3, 0.4) is 0 Å². The Balaban J connectivity index is 2.85. The molecule has 0 spiro atoms. The molecule has 0 radical (unpaired) electrons. The first kappa shape index (κ1) is 10.1. The summed E-state index contributed by atoms with van der Waals surface area (Å²) >= 11 is 0. The second-order valence-electron chi connectivity index (χ2n) is 2.72. The van der Waals surface area contributed by atoms with Crippen molar-refractivity contribution in [2.24, 2.45) is 0 Å². The summed E-state index contributed by atoms with van der Waals surface area (Å²) in [5.41, 5.74) is 1.84. The third-order valence-corrected chi connectivity index (χ3v) is 1.73. The minimum Gasteiger partial charge on any atom is -0.381 e. The molecule has 2 nitrogen and oxygen atoms in total. The van der Waals surface area contributed by atoms with Crippen molar-refractivity contribution in [1.82, 2.24) is 5.32 Å². The van der Waals surface area contributed by atoms with Crippen LogP contribution in [0.1, 0.15) is 5.56 Å². The van der Waals surface area contributed by atoms with E-state index in [1.165, 1.54) is 6.08 Å². The van der Waals surface area contributed by atoms with Gasteiger partial charge in [-0.3, -0.25) is 0 Å². The van der Waals surface area contributed by atoms with Gasteiger partial charge in [0.05, 0.1) is 11.8 Å². The van der Waals surface area contributed by atoms with E-state index in [4.69, 9.17) is 5.26 Å². The highest BCUT2D eigenvalue weighted by atomic mass is 14.9. The zero-order chi connectivity index (χ0) is 10.2. The van der Waals surface area contributed by atoms with E-state index in [0.717, 1.165) is 11.3 Å². The van der Waals surface area contributed by atoms with Crippen molar-refractivity contribution >= 4 is 5.70 Å². The van der Waals surface area contributed by atoms with E-state index in [1.54, 1.807) is 6.08 Å². The van der Waals surface area contributed by atoms with Gasteiger partial charge in [-0.2, -0.15) is 5.26 Å². The molecule has 1 rings (SSSR count). The topological polar surface area (TPSA) is 35.8 Å². The lowest BCUT2D eigenvalue weighted by Gasteiger charge is -2.07. The van der Waals surface area contributed by atoms with Gasteiger partial charge in [-0.05, 0) is 5.56 Å². The average molecular weight is 184 g/mol. The van der Waals surface area contributed by atoms with Gasteiger partial charge in [0, 0.05) is 12.6 Å². The molecule has 2 heteroatoms. The minimum atomic E-state index is 0.655. The fourth-order valence-corrected chi connectivity index (χ4v) is 1.10. The number of hydrogen-bond acceptors (Lipinski definition) is 2. The Bertz CT molecular complexity index is 358. The van der Waals surface area contributed by atoms with Crippen LogP contribution in [0.4, 0.5) is 0 Å². The van der Waals surface area contributed by atoms with Crippen LogP contribution in [0.15, 0.2) is 49.1 Å². The third kappa shape index (κ3) is 2.80. The van der Waals surface area contributed by atoms with Gasteiger partial charge in [0.15, 0.2) is 0 Å². The Kier molecular flexibility index (Phi) is 4.03. The van der Waals surface area contributed by atoms with Crippen molar-refractivity contribution in [3.8, 4) is 6.07 Å². The van der Waals surface area contributed by atoms with Crippen molar-refractivity contribution < 1.29 is 0 Å². The molecule has 0 bridgehead atoms. The second kappa shape index (κ2) is 5.60. The molecule has 0 saturated heterocycles. The Morgan fingerprint density at radius 3 is 2.71 bits per heavy atom.